The number of hydrogen-bond donors (Lipinski definition) is 1. The van der Waals surface area contributed by atoms with Gasteiger partial charge in [-0.1, -0.05) is 11.6 Å². The van der Waals surface area contributed by atoms with Gasteiger partial charge in [0.15, 0.2) is 5.76 Å². The molecular formula is C18H18ClN3O2. The first-order chi connectivity index (χ1) is 11.5. The van der Waals surface area contributed by atoms with Crippen LogP contribution in [0.2, 0.25) is 5.02 Å². The van der Waals surface area contributed by atoms with E-state index in [1.807, 2.05) is 19.9 Å². The Balaban J connectivity index is 1.74. The van der Waals surface area contributed by atoms with Gasteiger partial charge in [-0.05, 0) is 51.1 Å². The first-order valence-electron chi connectivity index (χ1n) is 7.69. The molecule has 0 spiro atoms. The summed E-state index contributed by atoms with van der Waals surface area (Å²) in [6.45, 7) is 7.07. The van der Waals surface area contributed by atoms with E-state index in [-0.39, 0.29) is 5.76 Å². The van der Waals surface area contributed by atoms with Gasteiger partial charge in [-0.2, -0.15) is 5.10 Å². The summed E-state index contributed by atoms with van der Waals surface area (Å²) in [6, 6.07) is 8.89. The highest BCUT2D eigenvalue weighted by Crippen LogP contribution is 2.23. The quantitative estimate of drug-likeness (QED) is 0.567. The molecular weight excluding hydrogens is 326 g/mol. The van der Waals surface area contributed by atoms with Crippen molar-refractivity contribution in [3.8, 4) is 0 Å². The largest absolute Gasteiger partial charge is 0.451 e. The van der Waals surface area contributed by atoms with Gasteiger partial charge in [0.2, 0.25) is 0 Å². The van der Waals surface area contributed by atoms with Gasteiger partial charge in [-0.25, -0.2) is 5.43 Å². The molecule has 0 aliphatic heterocycles. The smallest absolute Gasteiger partial charge is 0.307 e. The molecule has 1 amide bonds. The van der Waals surface area contributed by atoms with E-state index < -0.39 is 5.91 Å². The number of rotatable bonds is 4. The van der Waals surface area contributed by atoms with Crippen LogP contribution in [0.5, 0.6) is 0 Å². The molecule has 0 unspecified atom stereocenters. The number of nitrogens with zero attached hydrogens (tertiary/aromatic N) is 2. The number of carbonyl (C=O) groups excluding carboxylic acids is 1. The van der Waals surface area contributed by atoms with Crippen molar-refractivity contribution in [2.45, 2.75) is 27.3 Å². The topological polar surface area (TPSA) is 59.5 Å². The molecule has 0 aliphatic carbocycles. The summed E-state index contributed by atoms with van der Waals surface area (Å²) in [5, 5.41) is 5.41. The third kappa shape index (κ3) is 3.08. The lowest BCUT2D eigenvalue weighted by Crippen LogP contribution is -2.16. The van der Waals surface area contributed by atoms with Gasteiger partial charge < -0.3 is 8.98 Å². The van der Waals surface area contributed by atoms with Crippen molar-refractivity contribution in [3.05, 3.63) is 58.1 Å². The molecule has 1 N–H and O–H groups in total. The number of hydrogen-bond acceptors (Lipinski definition) is 3. The molecule has 6 heteroatoms. The molecule has 0 fully saturated rings. The molecule has 2 heterocycles. The van der Waals surface area contributed by atoms with Gasteiger partial charge >= 0.3 is 5.91 Å². The molecule has 1 aromatic carbocycles. The van der Waals surface area contributed by atoms with Crippen LogP contribution in [0, 0.1) is 13.8 Å². The predicted molar refractivity (Wildman–Crippen MR) is 95.9 cm³/mol. The number of carbonyl (C=O) groups is 1. The number of hydrazone groups is 1. The minimum atomic E-state index is -0.400. The van der Waals surface area contributed by atoms with Crippen LogP contribution in [0.1, 0.15) is 34.4 Å². The average Bonchev–Trinajstić information content (AvgIpc) is 3.08. The van der Waals surface area contributed by atoms with Crippen molar-refractivity contribution in [1.82, 2.24) is 9.99 Å². The normalized spacial score (nSPS) is 11.5. The zero-order chi connectivity index (χ0) is 17.3. The van der Waals surface area contributed by atoms with E-state index in [1.54, 1.807) is 30.5 Å². The molecule has 3 aromatic rings. The van der Waals surface area contributed by atoms with Gasteiger partial charge in [-0.3, -0.25) is 4.79 Å². The average molecular weight is 344 g/mol. The summed E-state index contributed by atoms with van der Waals surface area (Å²) in [7, 11) is 0. The van der Waals surface area contributed by atoms with Gasteiger partial charge in [0, 0.05) is 33.9 Å². The van der Waals surface area contributed by atoms with E-state index in [0.29, 0.717) is 10.6 Å². The Morgan fingerprint density at radius 1 is 1.33 bits per heavy atom. The number of benzene rings is 1. The van der Waals surface area contributed by atoms with E-state index in [4.69, 9.17) is 16.0 Å². The maximum atomic E-state index is 12.1. The lowest BCUT2D eigenvalue weighted by atomic mass is 10.2. The van der Waals surface area contributed by atoms with Gasteiger partial charge in [0.05, 0.1) is 6.21 Å². The summed E-state index contributed by atoms with van der Waals surface area (Å²) in [5.74, 6) is -0.202. The number of furan rings is 1. The minimum Gasteiger partial charge on any atom is -0.451 e. The van der Waals surface area contributed by atoms with Gasteiger partial charge in [-0.15, -0.1) is 0 Å². The number of nitrogens with one attached hydrogen (secondary N) is 1. The van der Waals surface area contributed by atoms with E-state index in [1.165, 1.54) is 0 Å². The number of aromatic nitrogens is 1. The number of aryl methyl sites for hydroxylation is 1. The molecule has 24 heavy (non-hydrogen) atoms. The van der Waals surface area contributed by atoms with Crippen LogP contribution in [0.4, 0.5) is 0 Å². The highest BCUT2D eigenvalue weighted by atomic mass is 35.5. The number of fused-ring (bicyclic) bond motifs is 1. The Bertz CT molecular complexity index is 937. The van der Waals surface area contributed by atoms with Crippen LogP contribution >= 0.6 is 11.6 Å². The van der Waals surface area contributed by atoms with Gasteiger partial charge in [0.1, 0.15) is 5.58 Å². The van der Waals surface area contributed by atoms with Crippen molar-refractivity contribution < 1.29 is 9.21 Å². The second-order valence-corrected chi connectivity index (χ2v) is 6.00. The lowest BCUT2D eigenvalue weighted by molar-refractivity contribution is 0.0929. The second-order valence-electron chi connectivity index (χ2n) is 5.56. The highest BCUT2D eigenvalue weighted by Gasteiger charge is 2.12. The summed E-state index contributed by atoms with van der Waals surface area (Å²) >= 11 is 5.93. The first-order valence-corrected chi connectivity index (χ1v) is 8.06. The third-order valence-corrected chi connectivity index (χ3v) is 4.24. The van der Waals surface area contributed by atoms with Crippen LogP contribution in [0.25, 0.3) is 11.0 Å². The molecule has 2 aromatic heterocycles. The Hall–Kier alpha value is -2.53. The van der Waals surface area contributed by atoms with E-state index in [2.05, 4.69) is 22.0 Å². The Morgan fingerprint density at radius 3 is 2.83 bits per heavy atom. The molecule has 0 atom stereocenters. The number of amides is 1. The zero-order valence-corrected chi connectivity index (χ0v) is 14.5. The fraction of sp³-hybridized carbons (Fsp3) is 0.222. The monoisotopic (exact) mass is 343 g/mol. The third-order valence-electron chi connectivity index (χ3n) is 4.00. The molecule has 0 bridgehead atoms. The standard InChI is InChI=1S/C18H18ClN3O2/c1-4-22-11(2)7-14(12(22)3)10-20-21-18(23)17-9-13-8-15(19)5-6-16(13)24-17/h5-10H,4H2,1-3H3,(H,21,23)/b20-10+. The maximum Gasteiger partial charge on any atom is 0.307 e. The van der Waals surface area contributed by atoms with Gasteiger partial charge in [0.25, 0.3) is 0 Å². The fourth-order valence-corrected chi connectivity index (χ4v) is 2.97. The van der Waals surface area contributed by atoms with Crippen molar-refractivity contribution in [3.63, 3.8) is 0 Å². The van der Waals surface area contributed by atoms with Crippen LogP contribution in [0.3, 0.4) is 0 Å². The molecule has 3 rings (SSSR count). The highest BCUT2D eigenvalue weighted by molar-refractivity contribution is 6.31. The first kappa shape index (κ1) is 16.3. The van der Waals surface area contributed by atoms with Crippen molar-refractivity contribution in [2.24, 2.45) is 5.10 Å². The molecule has 124 valence electrons. The van der Waals surface area contributed by atoms with Crippen LogP contribution < -0.4 is 5.43 Å². The Labute approximate surface area is 144 Å². The molecule has 0 saturated carbocycles. The van der Waals surface area contributed by atoms with Crippen molar-refractivity contribution in [2.75, 3.05) is 0 Å². The van der Waals surface area contributed by atoms with Crippen molar-refractivity contribution >= 4 is 34.7 Å². The van der Waals surface area contributed by atoms with Crippen LogP contribution in [0.15, 0.2) is 39.9 Å². The molecule has 5 nitrogen and oxygen atoms in total. The summed E-state index contributed by atoms with van der Waals surface area (Å²) in [4.78, 5) is 12.1. The van der Waals surface area contributed by atoms with E-state index in [0.717, 1.165) is 28.9 Å². The van der Waals surface area contributed by atoms with E-state index in [9.17, 15) is 4.79 Å². The molecule has 0 aliphatic rings. The Kier molecular flexibility index (Phi) is 4.44. The zero-order valence-electron chi connectivity index (χ0n) is 13.8. The SMILES string of the molecule is CCn1c(C)cc(/C=N/NC(=O)c2cc3cc(Cl)ccc3o2)c1C. The molecule has 0 saturated heterocycles. The summed E-state index contributed by atoms with van der Waals surface area (Å²) < 4.78 is 7.69. The summed E-state index contributed by atoms with van der Waals surface area (Å²) in [5.41, 5.74) is 6.36. The van der Waals surface area contributed by atoms with Crippen LogP contribution in [-0.2, 0) is 6.54 Å². The van der Waals surface area contributed by atoms with E-state index >= 15 is 0 Å². The maximum absolute atomic E-state index is 12.1. The minimum absolute atomic E-state index is 0.198. The fourth-order valence-electron chi connectivity index (χ4n) is 2.79. The predicted octanol–water partition coefficient (Wildman–Crippen LogP) is 4.29. The summed E-state index contributed by atoms with van der Waals surface area (Å²) in [6.07, 6.45) is 1.64. The number of halogens is 1. The van der Waals surface area contributed by atoms with Crippen LogP contribution in [-0.4, -0.2) is 16.7 Å². The Morgan fingerprint density at radius 2 is 2.12 bits per heavy atom. The second kappa shape index (κ2) is 6.53. The lowest BCUT2D eigenvalue weighted by Gasteiger charge is -2.04. The van der Waals surface area contributed by atoms with Crippen molar-refractivity contribution in [1.29, 1.82) is 0 Å². The molecule has 0 radical (unpaired) electrons.